The molecule has 0 fully saturated rings. The quantitative estimate of drug-likeness (QED) is 0.364. The summed E-state index contributed by atoms with van der Waals surface area (Å²) in [5, 5.41) is 6.88. The number of carbonyl (C=O) groups is 1. The summed E-state index contributed by atoms with van der Waals surface area (Å²) >= 11 is 1.55. The zero-order valence-corrected chi connectivity index (χ0v) is 15.9. The molecule has 5 heteroatoms. The Hall–Kier alpha value is -3.44. The number of hydrogen-bond donors (Lipinski definition) is 1. The van der Waals surface area contributed by atoms with Gasteiger partial charge in [0.25, 0.3) is 5.91 Å². The molecule has 1 N–H and O–H groups in total. The molecule has 0 saturated carbocycles. The first-order valence-corrected chi connectivity index (χ1v) is 9.74. The van der Waals surface area contributed by atoms with Crippen LogP contribution in [0.15, 0.2) is 89.3 Å². The van der Waals surface area contributed by atoms with Crippen molar-refractivity contribution in [2.45, 2.75) is 6.61 Å². The van der Waals surface area contributed by atoms with Gasteiger partial charge in [0.2, 0.25) is 0 Å². The predicted molar refractivity (Wildman–Crippen MR) is 114 cm³/mol. The highest BCUT2D eigenvalue weighted by atomic mass is 32.1. The Balaban J connectivity index is 1.38. The van der Waals surface area contributed by atoms with Crippen LogP contribution < -0.4 is 10.2 Å². The number of ether oxygens (including phenoxy) is 1. The Labute approximate surface area is 167 Å². The standard InChI is InChI=1S/C23H18N2O2S/c26-23(21-16-28-22-12-5-4-11-20(21)22)25-24-14-18-9-6-10-19(13-18)27-15-17-7-2-1-3-8-17/h1-14,16H,15H2,(H,25,26)/b24-14-. The van der Waals surface area contributed by atoms with Gasteiger partial charge in [-0.3, -0.25) is 4.79 Å². The van der Waals surface area contributed by atoms with Crippen LogP contribution in [0.4, 0.5) is 0 Å². The third kappa shape index (κ3) is 4.27. The lowest BCUT2D eigenvalue weighted by Crippen LogP contribution is -2.17. The first-order chi connectivity index (χ1) is 13.8. The van der Waals surface area contributed by atoms with E-state index in [4.69, 9.17) is 4.74 Å². The van der Waals surface area contributed by atoms with Crippen LogP contribution in [0.3, 0.4) is 0 Å². The first-order valence-electron chi connectivity index (χ1n) is 8.86. The van der Waals surface area contributed by atoms with E-state index in [1.54, 1.807) is 17.6 Å². The van der Waals surface area contributed by atoms with Gasteiger partial charge in [-0.25, -0.2) is 5.43 Å². The van der Waals surface area contributed by atoms with Crippen molar-refractivity contribution in [1.29, 1.82) is 0 Å². The van der Waals surface area contributed by atoms with Gasteiger partial charge in [-0.05, 0) is 29.3 Å². The maximum Gasteiger partial charge on any atom is 0.272 e. The topological polar surface area (TPSA) is 50.7 Å². The lowest BCUT2D eigenvalue weighted by molar-refractivity contribution is 0.0957. The van der Waals surface area contributed by atoms with E-state index in [9.17, 15) is 4.79 Å². The summed E-state index contributed by atoms with van der Waals surface area (Å²) in [6.07, 6.45) is 1.61. The molecule has 138 valence electrons. The Morgan fingerprint density at radius 3 is 2.71 bits per heavy atom. The van der Waals surface area contributed by atoms with Gasteiger partial charge in [-0.1, -0.05) is 60.7 Å². The molecule has 3 aromatic carbocycles. The zero-order valence-electron chi connectivity index (χ0n) is 15.0. The molecule has 1 heterocycles. The SMILES string of the molecule is O=C(N/N=C\c1cccc(OCc2ccccc2)c1)c1csc2ccccc12. The average molecular weight is 386 g/mol. The molecule has 4 nitrogen and oxygen atoms in total. The minimum atomic E-state index is -0.217. The van der Waals surface area contributed by atoms with Gasteiger partial charge in [0.15, 0.2) is 0 Å². The van der Waals surface area contributed by atoms with Crippen molar-refractivity contribution in [2.24, 2.45) is 5.10 Å². The van der Waals surface area contributed by atoms with Gasteiger partial charge in [0.1, 0.15) is 12.4 Å². The van der Waals surface area contributed by atoms with Crippen LogP contribution in [0.5, 0.6) is 5.75 Å². The molecule has 0 bridgehead atoms. The summed E-state index contributed by atoms with van der Waals surface area (Å²) in [7, 11) is 0. The fourth-order valence-corrected chi connectivity index (χ4v) is 3.75. The molecule has 0 unspecified atom stereocenters. The van der Waals surface area contributed by atoms with Crippen molar-refractivity contribution >= 4 is 33.5 Å². The smallest absolute Gasteiger partial charge is 0.272 e. The highest BCUT2D eigenvalue weighted by Gasteiger charge is 2.10. The molecule has 0 atom stereocenters. The largest absolute Gasteiger partial charge is 0.489 e. The highest BCUT2D eigenvalue weighted by Crippen LogP contribution is 2.25. The van der Waals surface area contributed by atoms with Crippen LogP contribution in [-0.4, -0.2) is 12.1 Å². The molecule has 4 rings (SSSR count). The second-order valence-corrected chi connectivity index (χ2v) is 7.10. The van der Waals surface area contributed by atoms with Crippen molar-refractivity contribution < 1.29 is 9.53 Å². The van der Waals surface area contributed by atoms with E-state index >= 15 is 0 Å². The lowest BCUT2D eigenvalue weighted by Gasteiger charge is -2.06. The van der Waals surface area contributed by atoms with Crippen LogP contribution >= 0.6 is 11.3 Å². The van der Waals surface area contributed by atoms with Crippen molar-refractivity contribution in [1.82, 2.24) is 5.43 Å². The second kappa shape index (κ2) is 8.50. The first kappa shape index (κ1) is 17.9. The molecule has 0 aliphatic rings. The van der Waals surface area contributed by atoms with Gasteiger partial charge in [-0.15, -0.1) is 11.3 Å². The average Bonchev–Trinajstić information content (AvgIpc) is 3.18. The third-order valence-corrected chi connectivity index (χ3v) is 5.18. The van der Waals surface area contributed by atoms with E-state index in [1.807, 2.05) is 84.2 Å². The highest BCUT2D eigenvalue weighted by molar-refractivity contribution is 7.17. The molecule has 28 heavy (non-hydrogen) atoms. The molecule has 1 amide bonds. The van der Waals surface area contributed by atoms with Crippen LogP contribution in [0.25, 0.3) is 10.1 Å². The van der Waals surface area contributed by atoms with Gasteiger partial charge >= 0.3 is 0 Å². The van der Waals surface area contributed by atoms with E-state index in [0.29, 0.717) is 12.2 Å². The summed E-state index contributed by atoms with van der Waals surface area (Å²) in [4.78, 5) is 12.4. The van der Waals surface area contributed by atoms with Crippen LogP contribution in [0.1, 0.15) is 21.5 Å². The van der Waals surface area contributed by atoms with Crippen molar-refractivity contribution in [3.05, 3.63) is 101 Å². The second-order valence-electron chi connectivity index (χ2n) is 6.19. The summed E-state index contributed by atoms with van der Waals surface area (Å²) in [5.41, 5.74) is 5.19. The maximum atomic E-state index is 12.4. The van der Waals surface area contributed by atoms with Crippen LogP contribution in [-0.2, 0) is 6.61 Å². The number of hydrazone groups is 1. The van der Waals surface area contributed by atoms with E-state index in [2.05, 4.69) is 10.5 Å². The van der Waals surface area contributed by atoms with E-state index in [0.717, 1.165) is 27.0 Å². The summed E-state index contributed by atoms with van der Waals surface area (Å²) in [5.74, 6) is 0.535. The molecule has 0 spiro atoms. The van der Waals surface area contributed by atoms with Crippen molar-refractivity contribution in [2.75, 3.05) is 0 Å². The Morgan fingerprint density at radius 1 is 1.00 bits per heavy atom. The number of thiophene rings is 1. The molecule has 0 aliphatic heterocycles. The molecule has 1 aromatic heterocycles. The lowest BCUT2D eigenvalue weighted by atomic mass is 10.2. The van der Waals surface area contributed by atoms with Gasteiger partial charge in [0.05, 0.1) is 11.8 Å². The summed E-state index contributed by atoms with van der Waals surface area (Å²) < 4.78 is 6.90. The maximum absolute atomic E-state index is 12.4. The Bertz CT molecular complexity index is 1120. The monoisotopic (exact) mass is 386 g/mol. The number of amides is 1. The molecule has 0 saturated heterocycles. The summed E-state index contributed by atoms with van der Waals surface area (Å²) in [6, 6.07) is 25.4. The number of fused-ring (bicyclic) bond motifs is 1. The number of carbonyl (C=O) groups excluding carboxylic acids is 1. The number of rotatable bonds is 6. The molecular weight excluding hydrogens is 368 g/mol. The van der Waals surface area contributed by atoms with Crippen molar-refractivity contribution in [3.63, 3.8) is 0 Å². The minimum Gasteiger partial charge on any atom is -0.489 e. The number of nitrogens with zero attached hydrogens (tertiary/aromatic N) is 1. The molecule has 0 radical (unpaired) electrons. The minimum absolute atomic E-state index is 0.217. The fourth-order valence-electron chi connectivity index (χ4n) is 2.80. The molecular formula is C23H18N2O2S. The van der Waals surface area contributed by atoms with Crippen LogP contribution in [0.2, 0.25) is 0 Å². The van der Waals surface area contributed by atoms with E-state index in [-0.39, 0.29) is 5.91 Å². The van der Waals surface area contributed by atoms with Crippen LogP contribution in [0, 0.1) is 0 Å². The Morgan fingerprint density at radius 2 is 1.82 bits per heavy atom. The summed E-state index contributed by atoms with van der Waals surface area (Å²) in [6.45, 7) is 0.503. The predicted octanol–water partition coefficient (Wildman–Crippen LogP) is 5.24. The third-order valence-electron chi connectivity index (χ3n) is 4.21. The van der Waals surface area contributed by atoms with Gasteiger partial charge in [0, 0.05) is 15.5 Å². The number of nitrogens with one attached hydrogen (secondary N) is 1. The normalized spacial score (nSPS) is 11.0. The Kier molecular flexibility index (Phi) is 5.45. The number of benzene rings is 3. The van der Waals surface area contributed by atoms with E-state index in [1.165, 1.54) is 0 Å². The molecule has 0 aliphatic carbocycles. The fraction of sp³-hybridized carbons (Fsp3) is 0.0435. The van der Waals surface area contributed by atoms with Gasteiger partial charge in [-0.2, -0.15) is 5.10 Å². The molecule has 4 aromatic rings. The number of hydrogen-bond acceptors (Lipinski definition) is 4. The van der Waals surface area contributed by atoms with Crippen molar-refractivity contribution in [3.8, 4) is 5.75 Å². The van der Waals surface area contributed by atoms with Gasteiger partial charge < -0.3 is 4.74 Å². The zero-order chi connectivity index (χ0) is 19.2. The van der Waals surface area contributed by atoms with E-state index < -0.39 is 0 Å².